The fraction of sp³-hybridized carbons (Fsp3) is 0.938. The van der Waals surface area contributed by atoms with Crippen LogP contribution in [0.1, 0.15) is 58.8 Å². The second-order valence-corrected chi connectivity index (χ2v) is 6.96. The molecular formula is C16H31N3O. The van der Waals surface area contributed by atoms with Crippen molar-refractivity contribution in [1.82, 2.24) is 10.2 Å². The minimum absolute atomic E-state index is 0.199. The molecule has 2 aliphatic rings. The fourth-order valence-corrected chi connectivity index (χ4v) is 3.36. The molecule has 0 spiro atoms. The maximum absolute atomic E-state index is 11.7. The second kappa shape index (κ2) is 6.90. The molecular weight excluding hydrogens is 250 g/mol. The molecule has 116 valence electrons. The fourth-order valence-electron chi connectivity index (χ4n) is 3.36. The van der Waals surface area contributed by atoms with Crippen LogP contribution in [0.4, 0.5) is 0 Å². The van der Waals surface area contributed by atoms with E-state index in [-0.39, 0.29) is 5.91 Å². The molecule has 1 amide bonds. The van der Waals surface area contributed by atoms with Gasteiger partial charge in [-0.15, -0.1) is 0 Å². The van der Waals surface area contributed by atoms with E-state index in [9.17, 15) is 4.79 Å². The summed E-state index contributed by atoms with van der Waals surface area (Å²) in [5.74, 6) is 0.696. The largest absolute Gasteiger partial charge is 0.368 e. The summed E-state index contributed by atoms with van der Waals surface area (Å²) in [5.41, 5.74) is 5.08. The summed E-state index contributed by atoms with van der Waals surface area (Å²) in [6, 6.07) is 0.522. The Hall–Kier alpha value is -0.610. The average Bonchev–Trinajstić information content (AvgIpc) is 3.08. The Bertz CT molecular complexity index is 330. The smallest absolute Gasteiger partial charge is 0.237 e. The summed E-state index contributed by atoms with van der Waals surface area (Å²) in [6.45, 7) is 7.82. The topological polar surface area (TPSA) is 58.4 Å². The van der Waals surface area contributed by atoms with Crippen LogP contribution in [0.25, 0.3) is 0 Å². The molecule has 20 heavy (non-hydrogen) atoms. The molecule has 0 aromatic rings. The van der Waals surface area contributed by atoms with Crippen LogP contribution in [0.2, 0.25) is 0 Å². The highest BCUT2D eigenvalue weighted by Gasteiger charge is 2.36. The van der Waals surface area contributed by atoms with Gasteiger partial charge in [0.05, 0.1) is 5.54 Å². The number of nitrogens with two attached hydrogens (primary N) is 1. The quantitative estimate of drug-likeness (QED) is 0.678. The highest BCUT2D eigenvalue weighted by Crippen LogP contribution is 2.25. The Kier molecular flexibility index (Phi) is 5.44. The van der Waals surface area contributed by atoms with Gasteiger partial charge in [0.15, 0.2) is 0 Å². The van der Waals surface area contributed by atoms with Crippen molar-refractivity contribution in [3.8, 4) is 0 Å². The van der Waals surface area contributed by atoms with E-state index in [1.54, 1.807) is 0 Å². The molecule has 1 heterocycles. The summed E-state index contributed by atoms with van der Waals surface area (Å²) in [6.07, 6.45) is 8.29. The summed E-state index contributed by atoms with van der Waals surface area (Å²) < 4.78 is 0. The van der Waals surface area contributed by atoms with Gasteiger partial charge in [0.25, 0.3) is 0 Å². The highest BCUT2D eigenvalue weighted by atomic mass is 16.1. The van der Waals surface area contributed by atoms with E-state index in [0.29, 0.717) is 6.04 Å². The lowest BCUT2D eigenvalue weighted by Crippen LogP contribution is -2.54. The predicted molar refractivity (Wildman–Crippen MR) is 82.4 cm³/mol. The minimum atomic E-state index is -0.510. The predicted octanol–water partition coefficient (Wildman–Crippen LogP) is 1.88. The number of hydrogen-bond donors (Lipinski definition) is 2. The lowest BCUT2D eigenvalue weighted by atomic mass is 9.94. The van der Waals surface area contributed by atoms with Crippen LogP contribution < -0.4 is 11.1 Å². The molecule has 0 bridgehead atoms. The molecule has 1 aliphatic heterocycles. The van der Waals surface area contributed by atoms with E-state index >= 15 is 0 Å². The van der Waals surface area contributed by atoms with Gasteiger partial charge in [-0.1, -0.05) is 13.3 Å². The van der Waals surface area contributed by atoms with Crippen LogP contribution in [0, 0.1) is 5.92 Å². The zero-order valence-electron chi connectivity index (χ0n) is 13.2. The third-order valence-electron chi connectivity index (χ3n) is 4.86. The Morgan fingerprint density at radius 1 is 1.40 bits per heavy atom. The Morgan fingerprint density at radius 2 is 2.15 bits per heavy atom. The van der Waals surface area contributed by atoms with Gasteiger partial charge in [-0.2, -0.15) is 0 Å². The van der Waals surface area contributed by atoms with Crippen molar-refractivity contribution in [1.29, 1.82) is 0 Å². The van der Waals surface area contributed by atoms with Gasteiger partial charge in [-0.05, 0) is 64.5 Å². The zero-order chi connectivity index (χ0) is 14.6. The molecule has 4 heteroatoms. The molecule has 0 radical (unpaired) electrons. The van der Waals surface area contributed by atoms with Gasteiger partial charge >= 0.3 is 0 Å². The van der Waals surface area contributed by atoms with Crippen LogP contribution in [-0.2, 0) is 4.79 Å². The van der Waals surface area contributed by atoms with Gasteiger partial charge < -0.3 is 16.0 Å². The van der Waals surface area contributed by atoms with E-state index in [0.717, 1.165) is 25.3 Å². The third-order valence-corrected chi connectivity index (χ3v) is 4.86. The van der Waals surface area contributed by atoms with Crippen molar-refractivity contribution in [2.24, 2.45) is 11.7 Å². The van der Waals surface area contributed by atoms with Crippen molar-refractivity contribution < 1.29 is 4.79 Å². The molecule has 2 atom stereocenters. The van der Waals surface area contributed by atoms with Crippen LogP contribution in [0.3, 0.4) is 0 Å². The molecule has 0 aromatic heterocycles. The van der Waals surface area contributed by atoms with Crippen LogP contribution >= 0.6 is 0 Å². The van der Waals surface area contributed by atoms with Crippen molar-refractivity contribution in [3.63, 3.8) is 0 Å². The SMILES string of the molecule is CCCC1CCN(CCCC(C)(NC2CC2)C(N)=O)C1. The molecule has 1 aliphatic carbocycles. The monoisotopic (exact) mass is 281 g/mol. The minimum Gasteiger partial charge on any atom is -0.368 e. The normalized spacial score (nSPS) is 26.6. The van der Waals surface area contributed by atoms with Gasteiger partial charge in [0, 0.05) is 12.6 Å². The zero-order valence-corrected chi connectivity index (χ0v) is 13.2. The Balaban J connectivity index is 1.69. The van der Waals surface area contributed by atoms with Crippen LogP contribution in [-0.4, -0.2) is 42.0 Å². The molecule has 1 saturated carbocycles. The van der Waals surface area contributed by atoms with Gasteiger partial charge in [-0.25, -0.2) is 0 Å². The highest BCUT2D eigenvalue weighted by molar-refractivity contribution is 5.84. The number of carbonyl (C=O) groups is 1. The summed E-state index contributed by atoms with van der Waals surface area (Å²) in [5, 5.41) is 3.43. The number of likely N-dealkylation sites (tertiary alicyclic amines) is 1. The summed E-state index contributed by atoms with van der Waals surface area (Å²) in [7, 11) is 0. The molecule has 2 rings (SSSR count). The van der Waals surface area contributed by atoms with Crippen molar-refractivity contribution in [2.45, 2.75) is 70.4 Å². The maximum atomic E-state index is 11.7. The van der Waals surface area contributed by atoms with Crippen LogP contribution in [0.5, 0.6) is 0 Å². The Morgan fingerprint density at radius 3 is 2.75 bits per heavy atom. The molecule has 4 nitrogen and oxygen atoms in total. The van der Waals surface area contributed by atoms with E-state index in [4.69, 9.17) is 5.73 Å². The summed E-state index contributed by atoms with van der Waals surface area (Å²) >= 11 is 0. The van der Waals surface area contributed by atoms with Crippen molar-refractivity contribution >= 4 is 5.91 Å². The molecule has 0 aromatic carbocycles. The number of carbonyl (C=O) groups excluding carboxylic acids is 1. The first-order valence-corrected chi connectivity index (χ1v) is 8.33. The second-order valence-electron chi connectivity index (χ2n) is 6.96. The molecule has 2 unspecified atom stereocenters. The Labute approximate surface area is 123 Å². The maximum Gasteiger partial charge on any atom is 0.237 e. The van der Waals surface area contributed by atoms with E-state index < -0.39 is 5.54 Å². The van der Waals surface area contributed by atoms with Gasteiger partial charge in [-0.3, -0.25) is 4.79 Å². The van der Waals surface area contributed by atoms with E-state index in [1.165, 1.54) is 45.2 Å². The molecule has 1 saturated heterocycles. The summed E-state index contributed by atoms with van der Waals surface area (Å²) in [4.78, 5) is 14.2. The first kappa shape index (κ1) is 15.8. The van der Waals surface area contributed by atoms with Crippen molar-refractivity contribution in [3.05, 3.63) is 0 Å². The van der Waals surface area contributed by atoms with Gasteiger partial charge in [0.1, 0.15) is 0 Å². The number of nitrogens with one attached hydrogen (secondary N) is 1. The van der Waals surface area contributed by atoms with E-state index in [1.807, 2.05) is 6.92 Å². The number of rotatable bonds is 9. The first-order valence-electron chi connectivity index (χ1n) is 8.33. The number of hydrogen-bond acceptors (Lipinski definition) is 3. The van der Waals surface area contributed by atoms with Crippen LogP contribution in [0.15, 0.2) is 0 Å². The average molecular weight is 281 g/mol. The lowest BCUT2D eigenvalue weighted by Gasteiger charge is -2.28. The van der Waals surface area contributed by atoms with E-state index in [2.05, 4.69) is 17.1 Å². The van der Waals surface area contributed by atoms with Crippen molar-refractivity contribution in [2.75, 3.05) is 19.6 Å². The lowest BCUT2D eigenvalue weighted by molar-refractivity contribution is -0.124. The molecule has 3 N–H and O–H groups in total. The first-order chi connectivity index (χ1) is 9.53. The molecule has 2 fully saturated rings. The number of nitrogens with zero attached hydrogens (tertiary/aromatic N) is 1. The standard InChI is InChI=1S/C16H31N3O/c1-3-5-13-8-11-19(12-13)10-4-9-16(2,15(17)20)18-14-6-7-14/h13-14,18H,3-12H2,1-2H3,(H2,17,20). The van der Waals surface area contributed by atoms with Gasteiger partial charge in [0.2, 0.25) is 5.91 Å². The third kappa shape index (κ3) is 4.45. The number of primary amides is 1. The number of amides is 1.